The van der Waals surface area contributed by atoms with Gasteiger partial charge < -0.3 is 15.5 Å². The number of hydrogen-bond donors (Lipinski definition) is 2. The maximum Gasteiger partial charge on any atom is 0.220 e. The van der Waals surface area contributed by atoms with Gasteiger partial charge in [0.25, 0.3) is 0 Å². The highest BCUT2D eigenvalue weighted by molar-refractivity contribution is 5.75. The van der Waals surface area contributed by atoms with Crippen LogP contribution in [0.15, 0.2) is 0 Å². The summed E-state index contributed by atoms with van der Waals surface area (Å²) in [5.74, 6) is 0.189. The lowest BCUT2D eigenvalue weighted by molar-refractivity contribution is -0.122. The summed E-state index contributed by atoms with van der Waals surface area (Å²) in [7, 11) is 4.22. The van der Waals surface area contributed by atoms with Crippen molar-refractivity contribution in [1.29, 1.82) is 0 Å². The van der Waals surface area contributed by atoms with Crippen LogP contribution in [-0.2, 0) is 4.79 Å². The zero-order chi connectivity index (χ0) is 13.6. The van der Waals surface area contributed by atoms with Crippen molar-refractivity contribution in [1.82, 2.24) is 15.5 Å². The largest absolute Gasteiger partial charge is 0.354 e. The number of carbonyl (C=O) groups is 1. The van der Waals surface area contributed by atoms with Crippen molar-refractivity contribution in [2.75, 3.05) is 27.2 Å². The number of carbonyl (C=O) groups excluding carboxylic acids is 1. The van der Waals surface area contributed by atoms with Crippen molar-refractivity contribution in [2.24, 2.45) is 0 Å². The fourth-order valence-corrected chi connectivity index (χ4v) is 2.36. The Balaban J connectivity index is 2.13. The minimum Gasteiger partial charge on any atom is -0.354 e. The molecule has 1 fully saturated rings. The van der Waals surface area contributed by atoms with Crippen LogP contribution < -0.4 is 10.6 Å². The number of amides is 1. The summed E-state index contributed by atoms with van der Waals surface area (Å²) in [6.45, 7) is 5.97. The minimum atomic E-state index is 0.189. The van der Waals surface area contributed by atoms with E-state index < -0.39 is 0 Å². The molecule has 0 aromatic heterocycles. The van der Waals surface area contributed by atoms with Gasteiger partial charge in [-0.25, -0.2) is 0 Å². The molecular formula is C14H29N3O. The van der Waals surface area contributed by atoms with Crippen LogP contribution in [-0.4, -0.2) is 49.6 Å². The highest BCUT2D eigenvalue weighted by Gasteiger charge is 2.38. The van der Waals surface area contributed by atoms with Crippen LogP contribution in [0.1, 0.15) is 46.0 Å². The van der Waals surface area contributed by atoms with Gasteiger partial charge >= 0.3 is 0 Å². The maximum absolute atomic E-state index is 11.7. The van der Waals surface area contributed by atoms with E-state index in [1.54, 1.807) is 0 Å². The molecule has 2 N–H and O–H groups in total. The van der Waals surface area contributed by atoms with Crippen molar-refractivity contribution in [3.05, 3.63) is 0 Å². The van der Waals surface area contributed by atoms with Gasteiger partial charge in [-0.05, 0) is 46.3 Å². The molecule has 0 atom stereocenters. The van der Waals surface area contributed by atoms with Crippen molar-refractivity contribution in [3.63, 3.8) is 0 Å². The van der Waals surface area contributed by atoms with Crippen LogP contribution in [0.3, 0.4) is 0 Å². The molecule has 0 aromatic carbocycles. The Morgan fingerprint density at radius 3 is 2.44 bits per heavy atom. The van der Waals surface area contributed by atoms with Crippen LogP contribution in [0.2, 0.25) is 0 Å². The topological polar surface area (TPSA) is 44.4 Å². The predicted octanol–water partition coefficient (Wildman–Crippen LogP) is 1.37. The summed E-state index contributed by atoms with van der Waals surface area (Å²) in [6, 6.07) is 0.500. The molecule has 0 saturated heterocycles. The number of nitrogens with zero attached hydrogens (tertiary/aromatic N) is 1. The fourth-order valence-electron chi connectivity index (χ4n) is 2.36. The summed E-state index contributed by atoms with van der Waals surface area (Å²) in [4.78, 5) is 14.0. The maximum atomic E-state index is 11.7. The quantitative estimate of drug-likeness (QED) is 0.644. The van der Waals surface area contributed by atoms with Gasteiger partial charge in [0.15, 0.2) is 0 Å². The van der Waals surface area contributed by atoms with Gasteiger partial charge in [0, 0.05) is 24.5 Å². The zero-order valence-electron chi connectivity index (χ0n) is 12.4. The predicted molar refractivity (Wildman–Crippen MR) is 75.7 cm³/mol. The van der Waals surface area contributed by atoms with E-state index in [0.717, 1.165) is 19.5 Å². The lowest BCUT2D eigenvalue weighted by atomic mass is 9.75. The SMILES string of the molecule is CC(C)NCCCC(=O)NCC1(N(C)C)CCC1. The average Bonchev–Trinajstić information content (AvgIpc) is 2.22. The van der Waals surface area contributed by atoms with Crippen LogP contribution in [0.4, 0.5) is 0 Å². The van der Waals surface area contributed by atoms with E-state index >= 15 is 0 Å². The molecule has 0 radical (unpaired) electrons. The van der Waals surface area contributed by atoms with E-state index in [1.807, 2.05) is 0 Å². The highest BCUT2D eigenvalue weighted by Crippen LogP contribution is 2.35. The van der Waals surface area contributed by atoms with Crippen LogP contribution >= 0.6 is 0 Å². The van der Waals surface area contributed by atoms with Gasteiger partial charge in [0.05, 0.1) is 0 Å². The zero-order valence-corrected chi connectivity index (χ0v) is 12.4. The van der Waals surface area contributed by atoms with Gasteiger partial charge in [-0.1, -0.05) is 13.8 Å². The van der Waals surface area contributed by atoms with E-state index in [9.17, 15) is 4.79 Å². The molecule has 1 rings (SSSR count). The van der Waals surface area contributed by atoms with Gasteiger partial charge in [0.1, 0.15) is 0 Å². The molecule has 106 valence electrons. The van der Waals surface area contributed by atoms with Gasteiger partial charge in [-0.3, -0.25) is 4.79 Å². The monoisotopic (exact) mass is 255 g/mol. The highest BCUT2D eigenvalue weighted by atomic mass is 16.1. The molecule has 0 heterocycles. The normalized spacial score (nSPS) is 17.9. The summed E-state index contributed by atoms with van der Waals surface area (Å²) in [5.41, 5.74) is 0.228. The van der Waals surface area contributed by atoms with E-state index in [-0.39, 0.29) is 11.4 Å². The third kappa shape index (κ3) is 4.58. The standard InChI is InChI=1S/C14H29N3O/c1-12(2)15-10-5-7-13(18)16-11-14(17(3)4)8-6-9-14/h12,15H,5-11H2,1-4H3,(H,16,18). The molecule has 1 aliphatic carbocycles. The number of nitrogens with one attached hydrogen (secondary N) is 2. The third-order valence-electron chi connectivity index (χ3n) is 3.98. The molecule has 1 amide bonds. The second-order valence-electron chi connectivity index (χ2n) is 5.96. The van der Waals surface area contributed by atoms with Crippen LogP contribution in [0, 0.1) is 0 Å². The second-order valence-corrected chi connectivity index (χ2v) is 5.96. The first kappa shape index (κ1) is 15.4. The minimum absolute atomic E-state index is 0.189. The Kier molecular flexibility index (Phi) is 6.09. The van der Waals surface area contributed by atoms with Gasteiger partial charge in [-0.15, -0.1) is 0 Å². The van der Waals surface area contributed by atoms with Crippen LogP contribution in [0.5, 0.6) is 0 Å². The van der Waals surface area contributed by atoms with Crippen molar-refractivity contribution < 1.29 is 4.79 Å². The molecule has 1 aliphatic rings. The number of hydrogen-bond acceptors (Lipinski definition) is 3. The Morgan fingerprint density at radius 2 is 2.00 bits per heavy atom. The summed E-state index contributed by atoms with van der Waals surface area (Å²) >= 11 is 0. The van der Waals surface area contributed by atoms with Crippen molar-refractivity contribution >= 4 is 5.91 Å². The molecule has 4 nitrogen and oxygen atoms in total. The first-order valence-electron chi connectivity index (χ1n) is 7.14. The Labute approximate surface area is 111 Å². The molecule has 0 spiro atoms. The lowest BCUT2D eigenvalue weighted by Crippen LogP contribution is -2.57. The molecule has 0 bridgehead atoms. The molecule has 18 heavy (non-hydrogen) atoms. The van der Waals surface area contributed by atoms with Gasteiger partial charge in [-0.2, -0.15) is 0 Å². The summed E-state index contributed by atoms with van der Waals surface area (Å²) in [6.07, 6.45) is 5.24. The average molecular weight is 255 g/mol. The van der Waals surface area contributed by atoms with E-state index in [1.165, 1.54) is 19.3 Å². The molecule has 1 saturated carbocycles. The van der Waals surface area contributed by atoms with Crippen molar-refractivity contribution in [3.8, 4) is 0 Å². The molecule has 0 aliphatic heterocycles. The van der Waals surface area contributed by atoms with Gasteiger partial charge in [0.2, 0.25) is 5.91 Å². The first-order valence-corrected chi connectivity index (χ1v) is 7.14. The fraction of sp³-hybridized carbons (Fsp3) is 0.929. The van der Waals surface area contributed by atoms with Crippen molar-refractivity contribution in [2.45, 2.75) is 57.5 Å². The first-order chi connectivity index (χ1) is 8.46. The molecular weight excluding hydrogens is 226 g/mol. The number of rotatable bonds is 8. The smallest absolute Gasteiger partial charge is 0.220 e. The summed E-state index contributed by atoms with van der Waals surface area (Å²) < 4.78 is 0. The molecule has 4 heteroatoms. The second kappa shape index (κ2) is 7.10. The van der Waals surface area contributed by atoms with E-state index in [2.05, 4.69) is 43.5 Å². The Bertz CT molecular complexity index is 260. The lowest BCUT2D eigenvalue weighted by Gasteiger charge is -2.47. The third-order valence-corrected chi connectivity index (χ3v) is 3.98. The van der Waals surface area contributed by atoms with E-state index in [4.69, 9.17) is 0 Å². The Morgan fingerprint density at radius 1 is 1.33 bits per heavy atom. The molecule has 0 aromatic rings. The summed E-state index contributed by atoms with van der Waals surface area (Å²) in [5, 5.41) is 6.41. The Hall–Kier alpha value is -0.610. The van der Waals surface area contributed by atoms with Crippen LogP contribution in [0.25, 0.3) is 0 Å². The number of likely N-dealkylation sites (N-methyl/N-ethyl adjacent to an activating group) is 1. The van der Waals surface area contributed by atoms with E-state index in [0.29, 0.717) is 12.5 Å². The molecule has 0 unspecified atom stereocenters.